The first-order chi connectivity index (χ1) is 8.20. The Morgan fingerprint density at radius 1 is 1.24 bits per heavy atom. The third-order valence-electron chi connectivity index (χ3n) is 1.91. The normalized spacial score (nSPS) is 10.8. The fourth-order valence-electron chi connectivity index (χ4n) is 1.12. The fraction of sp³-hybridized carbons (Fsp3) is 0. The summed E-state index contributed by atoms with van der Waals surface area (Å²) >= 11 is 1.29. The summed E-state index contributed by atoms with van der Waals surface area (Å²) in [6, 6.07) is 2.29. The van der Waals surface area contributed by atoms with Crippen LogP contribution in [-0.4, -0.2) is 21.5 Å². The van der Waals surface area contributed by atoms with Gasteiger partial charge in [-0.2, -0.15) is 0 Å². The molecular weight excluding hydrogens is 242 g/mol. The summed E-state index contributed by atoms with van der Waals surface area (Å²) in [7, 11) is 0. The molecule has 0 bridgehead atoms. The van der Waals surface area contributed by atoms with Crippen LogP contribution in [0.1, 0.15) is 10.4 Å². The first-order valence-electron chi connectivity index (χ1n) is 4.53. The van der Waals surface area contributed by atoms with Crippen LogP contribution in [0, 0.1) is 0 Å². The van der Waals surface area contributed by atoms with Gasteiger partial charge in [0.25, 0.3) is 0 Å². The zero-order valence-corrected chi connectivity index (χ0v) is 9.26. The largest absolute Gasteiger partial charge is 0.507 e. The summed E-state index contributed by atoms with van der Waals surface area (Å²) in [5.41, 5.74) is 0.135. The zero-order valence-electron chi connectivity index (χ0n) is 8.44. The number of aromatic hydroxyl groups is 2. The average Bonchev–Trinajstić information content (AvgIpc) is 2.81. The molecule has 1 aromatic carbocycles. The van der Waals surface area contributed by atoms with Crippen molar-refractivity contribution in [2.45, 2.75) is 0 Å². The molecule has 2 aromatic rings. The van der Waals surface area contributed by atoms with Crippen molar-refractivity contribution >= 4 is 28.4 Å². The third-order valence-corrected chi connectivity index (χ3v) is 2.57. The molecule has 0 unspecified atom stereocenters. The predicted molar refractivity (Wildman–Crippen MR) is 61.4 cm³/mol. The minimum Gasteiger partial charge on any atom is -0.507 e. The van der Waals surface area contributed by atoms with E-state index in [9.17, 15) is 15.0 Å². The minimum atomic E-state index is -0.300. The summed E-state index contributed by atoms with van der Waals surface area (Å²) in [6.45, 7) is 0. The Balaban J connectivity index is 2.35. The number of carbonyl (C=O) groups excluding carboxylic acids is 1. The number of azo groups is 1. The summed E-state index contributed by atoms with van der Waals surface area (Å²) in [6.07, 6.45) is 2.05. The Bertz CT molecular complexity index is 566. The standard InChI is InChI=1S/C10H7N3O3S/c14-5-6-3-7(9(16)4-8(6)15)12-13-10-11-1-2-17-10/h1-5,15-16H. The number of aromatic nitrogens is 1. The van der Waals surface area contributed by atoms with Crippen molar-refractivity contribution in [1.82, 2.24) is 4.98 Å². The second-order valence-electron chi connectivity index (χ2n) is 3.03. The van der Waals surface area contributed by atoms with E-state index in [1.807, 2.05) is 0 Å². The number of nitrogens with zero attached hydrogens (tertiary/aromatic N) is 3. The second-order valence-corrected chi connectivity index (χ2v) is 3.91. The highest BCUT2D eigenvalue weighted by Gasteiger charge is 2.07. The monoisotopic (exact) mass is 249 g/mol. The molecule has 0 atom stereocenters. The lowest BCUT2D eigenvalue weighted by molar-refractivity contribution is 0.112. The molecule has 0 fully saturated rings. The predicted octanol–water partition coefficient (Wildman–Crippen LogP) is 2.78. The summed E-state index contributed by atoms with van der Waals surface area (Å²) in [5, 5.41) is 28.5. The van der Waals surface area contributed by atoms with Crippen LogP contribution in [0.4, 0.5) is 10.8 Å². The minimum absolute atomic E-state index is 0.0379. The molecule has 0 aliphatic carbocycles. The Kier molecular flexibility index (Phi) is 3.10. The van der Waals surface area contributed by atoms with Crippen LogP contribution in [0.2, 0.25) is 0 Å². The molecule has 6 nitrogen and oxygen atoms in total. The molecule has 1 aromatic heterocycles. The molecule has 0 aliphatic rings. The Morgan fingerprint density at radius 2 is 2.06 bits per heavy atom. The van der Waals surface area contributed by atoms with Crippen LogP contribution in [0.25, 0.3) is 0 Å². The van der Waals surface area contributed by atoms with E-state index in [2.05, 4.69) is 15.2 Å². The molecule has 0 saturated carbocycles. The Labute approximate surface area is 99.9 Å². The van der Waals surface area contributed by atoms with Crippen LogP contribution < -0.4 is 0 Å². The molecule has 0 saturated heterocycles. The van der Waals surface area contributed by atoms with Crippen LogP contribution in [0.15, 0.2) is 33.9 Å². The maximum atomic E-state index is 10.6. The summed E-state index contributed by atoms with van der Waals surface area (Å²) in [5.74, 6) is -0.556. The van der Waals surface area contributed by atoms with Crippen molar-refractivity contribution in [3.05, 3.63) is 29.3 Å². The molecule has 7 heteroatoms. The molecule has 2 rings (SSSR count). The van der Waals surface area contributed by atoms with Gasteiger partial charge in [-0.3, -0.25) is 4.79 Å². The van der Waals surface area contributed by atoms with E-state index in [1.165, 1.54) is 17.4 Å². The third kappa shape index (κ3) is 2.45. The molecule has 86 valence electrons. The first kappa shape index (κ1) is 11.2. The van der Waals surface area contributed by atoms with E-state index in [4.69, 9.17) is 0 Å². The number of benzene rings is 1. The fourth-order valence-corrected chi connectivity index (χ4v) is 1.57. The molecule has 0 amide bonds. The lowest BCUT2D eigenvalue weighted by atomic mass is 10.2. The van der Waals surface area contributed by atoms with Crippen molar-refractivity contribution < 1.29 is 15.0 Å². The number of rotatable bonds is 3. The van der Waals surface area contributed by atoms with E-state index >= 15 is 0 Å². The summed E-state index contributed by atoms with van der Waals surface area (Å²) < 4.78 is 0. The van der Waals surface area contributed by atoms with Crippen molar-refractivity contribution in [3.8, 4) is 11.5 Å². The number of carbonyl (C=O) groups is 1. The molecule has 2 N–H and O–H groups in total. The van der Waals surface area contributed by atoms with E-state index < -0.39 is 0 Å². The number of phenols is 2. The van der Waals surface area contributed by atoms with E-state index in [-0.39, 0.29) is 22.7 Å². The topological polar surface area (TPSA) is 95.1 Å². The van der Waals surface area contributed by atoms with Crippen LogP contribution >= 0.6 is 11.3 Å². The second kappa shape index (κ2) is 4.71. The van der Waals surface area contributed by atoms with Gasteiger partial charge in [0.15, 0.2) is 6.29 Å². The van der Waals surface area contributed by atoms with Gasteiger partial charge in [0.2, 0.25) is 5.13 Å². The van der Waals surface area contributed by atoms with Gasteiger partial charge in [-0.25, -0.2) is 4.98 Å². The highest BCUT2D eigenvalue weighted by molar-refractivity contribution is 7.13. The van der Waals surface area contributed by atoms with E-state index in [0.717, 1.165) is 6.07 Å². The Morgan fingerprint density at radius 3 is 2.71 bits per heavy atom. The molecule has 0 radical (unpaired) electrons. The van der Waals surface area contributed by atoms with E-state index in [0.29, 0.717) is 11.4 Å². The Hall–Kier alpha value is -2.28. The van der Waals surface area contributed by atoms with Crippen molar-refractivity contribution in [3.63, 3.8) is 0 Å². The van der Waals surface area contributed by atoms with Gasteiger partial charge in [-0.15, -0.1) is 21.6 Å². The summed E-state index contributed by atoms with van der Waals surface area (Å²) in [4.78, 5) is 14.5. The maximum absolute atomic E-state index is 10.6. The smallest absolute Gasteiger partial charge is 0.229 e. The van der Waals surface area contributed by atoms with Gasteiger partial charge in [0, 0.05) is 17.6 Å². The lowest BCUT2D eigenvalue weighted by Gasteiger charge is -2.00. The van der Waals surface area contributed by atoms with Gasteiger partial charge in [-0.1, -0.05) is 0 Å². The quantitative estimate of drug-likeness (QED) is 0.645. The van der Waals surface area contributed by atoms with Crippen LogP contribution in [-0.2, 0) is 0 Å². The van der Waals surface area contributed by atoms with Crippen molar-refractivity contribution in [2.75, 3.05) is 0 Å². The molecule has 17 heavy (non-hydrogen) atoms. The number of hydrogen-bond acceptors (Lipinski definition) is 7. The number of hydrogen-bond donors (Lipinski definition) is 2. The maximum Gasteiger partial charge on any atom is 0.229 e. The highest BCUT2D eigenvalue weighted by Crippen LogP contribution is 2.33. The number of phenolic OH excluding ortho intramolecular Hbond substituents is 2. The first-order valence-corrected chi connectivity index (χ1v) is 5.41. The van der Waals surface area contributed by atoms with Crippen LogP contribution in [0.3, 0.4) is 0 Å². The molecule has 0 spiro atoms. The SMILES string of the molecule is O=Cc1cc(N=Nc2nccs2)c(O)cc1O. The van der Waals surface area contributed by atoms with Crippen molar-refractivity contribution in [1.29, 1.82) is 0 Å². The van der Waals surface area contributed by atoms with Gasteiger partial charge >= 0.3 is 0 Å². The average molecular weight is 249 g/mol. The lowest BCUT2D eigenvalue weighted by Crippen LogP contribution is -1.80. The van der Waals surface area contributed by atoms with Gasteiger partial charge in [-0.05, 0) is 6.07 Å². The van der Waals surface area contributed by atoms with Gasteiger partial charge < -0.3 is 10.2 Å². The van der Waals surface area contributed by atoms with Gasteiger partial charge in [0.05, 0.1) is 5.56 Å². The van der Waals surface area contributed by atoms with Crippen molar-refractivity contribution in [2.24, 2.45) is 10.2 Å². The van der Waals surface area contributed by atoms with Gasteiger partial charge in [0.1, 0.15) is 17.2 Å². The zero-order chi connectivity index (χ0) is 12.3. The molecule has 0 aliphatic heterocycles. The van der Waals surface area contributed by atoms with Crippen LogP contribution in [0.5, 0.6) is 11.5 Å². The molecular formula is C10H7N3O3S. The number of aldehydes is 1. The highest BCUT2D eigenvalue weighted by atomic mass is 32.1. The number of thiazole rings is 1. The molecule has 1 heterocycles. The van der Waals surface area contributed by atoms with E-state index in [1.54, 1.807) is 11.6 Å².